The van der Waals surface area contributed by atoms with E-state index in [1.807, 2.05) is 53.4 Å². The number of halogens is 1. The smallest absolute Gasteiger partial charge is 0.254 e. The molecule has 0 saturated carbocycles. The summed E-state index contributed by atoms with van der Waals surface area (Å²) in [5.74, 6) is 0.884. The topological polar surface area (TPSA) is 42.4 Å². The zero-order valence-electron chi connectivity index (χ0n) is 14.5. The van der Waals surface area contributed by atoms with Crippen LogP contribution in [0.25, 0.3) is 22.2 Å². The summed E-state index contributed by atoms with van der Waals surface area (Å²) in [6, 6.07) is 15.5. The van der Waals surface area contributed by atoms with Crippen LogP contribution in [-0.4, -0.2) is 36.0 Å². The SMILES string of the molecule is COc1ccc(-c2cc(C(=O)N3CCCC3)c3cc(Br)ccc3n2)cc1. The molecule has 5 heteroatoms. The number of hydrogen-bond acceptors (Lipinski definition) is 3. The Kier molecular flexibility index (Phi) is 4.64. The number of carbonyl (C=O) groups excluding carboxylic acids is 1. The fourth-order valence-corrected chi connectivity index (χ4v) is 3.74. The van der Waals surface area contributed by atoms with Gasteiger partial charge in [-0.2, -0.15) is 0 Å². The number of aromatic nitrogens is 1. The maximum absolute atomic E-state index is 13.1. The minimum atomic E-state index is 0.0859. The van der Waals surface area contributed by atoms with Gasteiger partial charge in [-0.15, -0.1) is 0 Å². The van der Waals surface area contributed by atoms with Gasteiger partial charge in [0.15, 0.2) is 0 Å². The van der Waals surface area contributed by atoms with Gasteiger partial charge in [0.25, 0.3) is 5.91 Å². The van der Waals surface area contributed by atoms with Crippen LogP contribution in [0, 0.1) is 0 Å². The van der Waals surface area contributed by atoms with Crippen molar-refractivity contribution in [2.75, 3.05) is 20.2 Å². The number of likely N-dealkylation sites (tertiary alicyclic amines) is 1. The largest absolute Gasteiger partial charge is 0.497 e. The number of benzene rings is 2. The molecular weight excluding hydrogens is 392 g/mol. The Morgan fingerprint density at radius 3 is 2.50 bits per heavy atom. The van der Waals surface area contributed by atoms with Gasteiger partial charge in [0.2, 0.25) is 0 Å². The molecule has 0 N–H and O–H groups in total. The van der Waals surface area contributed by atoms with Crippen LogP contribution in [0.4, 0.5) is 0 Å². The van der Waals surface area contributed by atoms with Crippen molar-refractivity contribution in [1.82, 2.24) is 9.88 Å². The van der Waals surface area contributed by atoms with Gasteiger partial charge in [-0.1, -0.05) is 15.9 Å². The first-order chi connectivity index (χ1) is 12.7. The standard InChI is InChI=1S/C21H19BrN2O2/c1-26-16-7-4-14(5-8-16)20-13-18(21(25)24-10-2-3-11-24)17-12-15(22)6-9-19(17)23-20/h4-9,12-13H,2-3,10-11H2,1H3. The van der Waals surface area contributed by atoms with Crippen molar-refractivity contribution in [3.05, 3.63) is 58.6 Å². The highest BCUT2D eigenvalue weighted by Gasteiger charge is 2.22. The lowest BCUT2D eigenvalue weighted by Gasteiger charge is -2.17. The van der Waals surface area contributed by atoms with Crippen LogP contribution in [0.15, 0.2) is 53.0 Å². The van der Waals surface area contributed by atoms with Gasteiger partial charge >= 0.3 is 0 Å². The first-order valence-electron chi connectivity index (χ1n) is 8.70. The maximum atomic E-state index is 13.1. The second-order valence-corrected chi connectivity index (χ2v) is 7.36. The maximum Gasteiger partial charge on any atom is 0.254 e. The third-order valence-corrected chi connectivity index (χ3v) is 5.27. The third-order valence-electron chi connectivity index (χ3n) is 4.78. The molecular formula is C21H19BrN2O2. The highest BCUT2D eigenvalue weighted by atomic mass is 79.9. The molecule has 1 aliphatic rings. The van der Waals surface area contributed by atoms with Gasteiger partial charge in [0, 0.05) is 28.5 Å². The molecule has 0 atom stereocenters. The van der Waals surface area contributed by atoms with Gasteiger partial charge in [0.1, 0.15) is 5.75 Å². The summed E-state index contributed by atoms with van der Waals surface area (Å²) in [4.78, 5) is 19.8. The van der Waals surface area contributed by atoms with E-state index in [0.29, 0.717) is 5.56 Å². The fraction of sp³-hybridized carbons (Fsp3) is 0.238. The second-order valence-electron chi connectivity index (χ2n) is 6.44. The van der Waals surface area contributed by atoms with E-state index in [1.54, 1.807) is 7.11 Å². The van der Waals surface area contributed by atoms with E-state index in [9.17, 15) is 4.79 Å². The molecule has 132 valence electrons. The van der Waals surface area contributed by atoms with Gasteiger partial charge in [-0.25, -0.2) is 4.98 Å². The number of methoxy groups -OCH3 is 1. The molecule has 1 aliphatic heterocycles. The molecule has 2 heterocycles. The summed E-state index contributed by atoms with van der Waals surface area (Å²) >= 11 is 3.51. The van der Waals surface area contributed by atoms with E-state index < -0.39 is 0 Å². The predicted molar refractivity (Wildman–Crippen MR) is 107 cm³/mol. The molecule has 26 heavy (non-hydrogen) atoms. The van der Waals surface area contributed by atoms with Crippen molar-refractivity contribution < 1.29 is 9.53 Å². The molecule has 0 spiro atoms. The number of pyridine rings is 1. The number of fused-ring (bicyclic) bond motifs is 1. The minimum Gasteiger partial charge on any atom is -0.497 e. The molecule has 4 rings (SSSR count). The number of nitrogens with zero attached hydrogens (tertiary/aromatic N) is 2. The molecule has 0 bridgehead atoms. The van der Waals surface area contributed by atoms with E-state index in [0.717, 1.165) is 58.3 Å². The molecule has 1 fully saturated rings. The Bertz CT molecular complexity index is 964. The van der Waals surface area contributed by atoms with Crippen molar-refractivity contribution in [2.45, 2.75) is 12.8 Å². The Labute approximate surface area is 160 Å². The van der Waals surface area contributed by atoms with Crippen molar-refractivity contribution >= 4 is 32.7 Å². The fourth-order valence-electron chi connectivity index (χ4n) is 3.38. The van der Waals surface area contributed by atoms with Gasteiger partial charge in [-0.3, -0.25) is 4.79 Å². The number of hydrogen-bond donors (Lipinski definition) is 0. The van der Waals surface area contributed by atoms with E-state index in [-0.39, 0.29) is 5.91 Å². The van der Waals surface area contributed by atoms with E-state index in [4.69, 9.17) is 9.72 Å². The number of amides is 1. The summed E-state index contributed by atoms with van der Waals surface area (Å²) in [7, 11) is 1.65. The van der Waals surface area contributed by atoms with Crippen LogP contribution < -0.4 is 4.74 Å². The van der Waals surface area contributed by atoms with Gasteiger partial charge in [0.05, 0.1) is 23.9 Å². The summed E-state index contributed by atoms with van der Waals surface area (Å²) < 4.78 is 6.18. The molecule has 1 aromatic heterocycles. The predicted octanol–water partition coefficient (Wildman–Crippen LogP) is 4.91. The molecule has 0 unspecified atom stereocenters. The molecule has 3 aromatic rings. The lowest BCUT2D eigenvalue weighted by molar-refractivity contribution is 0.0794. The number of rotatable bonds is 3. The lowest BCUT2D eigenvalue weighted by atomic mass is 10.0. The number of ether oxygens (including phenoxy) is 1. The Hall–Kier alpha value is -2.40. The normalized spacial score (nSPS) is 14.0. The van der Waals surface area contributed by atoms with Crippen molar-refractivity contribution in [3.8, 4) is 17.0 Å². The van der Waals surface area contributed by atoms with Crippen LogP contribution in [0.3, 0.4) is 0 Å². The highest BCUT2D eigenvalue weighted by Crippen LogP contribution is 2.29. The van der Waals surface area contributed by atoms with Crippen molar-refractivity contribution in [3.63, 3.8) is 0 Å². The van der Waals surface area contributed by atoms with Crippen LogP contribution in [0.2, 0.25) is 0 Å². The van der Waals surface area contributed by atoms with Gasteiger partial charge in [-0.05, 0) is 61.4 Å². The van der Waals surface area contributed by atoms with Crippen LogP contribution in [0.1, 0.15) is 23.2 Å². The third kappa shape index (κ3) is 3.19. The van der Waals surface area contributed by atoms with E-state index in [1.165, 1.54) is 0 Å². The summed E-state index contributed by atoms with van der Waals surface area (Å²) in [6.45, 7) is 1.66. The Morgan fingerprint density at radius 1 is 1.08 bits per heavy atom. The second kappa shape index (κ2) is 7.08. The zero-order chi connectivity index (χ0) is 18.1. The lowest BCUT2D eigenvalue weighted by Crippen LogP contribution is -2.27. The summed E-state index contributed by atoms with van der Waals surface area (Å²) in [5.41, 5.74) is 3.30. The van der Waals surface area contributed by atoms with Gasteiger partial charge < -0.3 is 9.64 Å². The Morgan fingerprint density at radius 2 is 1.81 bits per heavy atom. The quantitative estimate of drug-likeness (QED) is 0.615. The van der Waals surface area contributed by atoms with E-state index >= 15 is 0 Å². The van der Waals surface area contributed by atoms with Crippen LogP contribution in [-0.2, 0) is 0 Å². The first kappa shape index (κ1) is 17.0. The first-order valence-corrected chi connectivity index (χ1v) is 9.49. The highest BCUT2D eigenvalue weighted by molar-refractivity contribution is 9.10. The monoisotopic (exact) mass is 410 g/mol. The number of carbonyl (C=O) groups is 1. The molecule has 0 aliphatic carbocycles. The van der Waals surface area contributed by atoms with Crippen LogP contribution >= 0.6 is 15.9 Å². The summed E-state index contributed by atoms with van der Waals surface area (Å²) in [6.07, 6.45) is 2.15. The van der Waals surface area contributed by atoms with E-state index in [2.05, 4.69) is 15.9 Å². The average molecular weight is 411 g/mol. The Balaban J connectivity index is 1.86. The molecule has 1 amide bonds. The van der Waals surface area contributed by atoms with Crippen molar-refractivity contribution in [1.29, 1.82) is 0 Å². The molecule has 4 nitrogen and oxygen atoms in total. The molecule has 2 aromatic carbocycles. The average Bonchev–Trinajstić information content (AvgIpc) is 3.21. The molecule has 0 radical (unpaired) electrons. The zero-order valence-corrected chi connectivity index (χ0v) is 16.1. The molecule has 1 saturated heterocycles. The minimum absolute atomic E-state index is 0.0859. The summed E-state index contributed by atoms with van der Waals surface area (Å²) in [5, 5.41) is 0.883. The van der Waals surface area contributed by atoms with Crippen LogP contribution in [0.5, 0.6) is 5.75 Å². The van der Waals surface area contributed by atoms with Crippen molar-refractivity contribution in [2.24, 2.45) is 0 Å².